The van der Waals surface area contributed by atoms with Crippen LogP contribution in [0.25, 0.3) is 0 Å². The quantitative estimate of drug-likeness (QED) is 0.420. The smallest absolute Gasteiger partial charge is 0.411 e. The molecule has 0 heterocycles. The Morgan fingerprint density at radius 1 is 1.27 bits per heavy atom. The Kier molecular flexibility index (Phi) is 11.2. The monoisotopic (exact) mass is 239 g/mol. The van der Waals surface area contributed by atoms with Gasteiger partial charge in [-0.25, -0.2) is 0 Å². The molecule has 0 spiro atoms. The van der Waals surface area contributed by atoms with Gasteiger partial charge in [0.05, 0.1) is 0 Å². The number of hydrogen-bond acceptors (Lipinski definition) is 2. The van der Waals surface area contributed by atoms with Crippen LogP contribution in [0.1, 0.15) is 26.7 Å². The van der Waals surface area contributed by atoms with Crippen molar-refractivity contribution in [3.05, 3.63) is 0 Å². The van der Waals surface area contributed by atoms with E-state index in [1.165, 1.54) is 0 Å². The maximum atomic E-state index is 4.89. The molecule has 0 aliphatic heterocycles. The van der Waals surface area contributed by atoms with Crippen LogP contribution in [0.4, 0.5) is 0 Å². The van der Waals surface area contributed by atoms with E-state index in [1.54, 1.807) is 0 Å². The van der Waals surface area contributed by atoms with Gasteiger partial charge in [-0.3, -0.25) is 0 Å². The maximum absolute atomic E-state index is 4.89. The van der Waals surface area contributed by atoms with Gasteiger partial charge >= 0.3 is 17.1 Å². The molecule has 0 bridgehead atoms. The standard InChI is InChI=1S/C7H15NS2.Cu/c1-3-5-8(6-4-2)7(9)10;/h3-6H2,1-2H3,(H,9,10);/q;+1/p-1. The van der Waals surface area contributed by atoms with Crippen molar-refractivity contribution < 1.29 is 17.1 Å². The van der Waals surface area contributed by atoms with Gasteiger partial charge in [-0.05, 0) is 12.8 Å². The average Bonchev–Trinajstić information content (AvgIpc) is 1.87. The van der Waals surface area contributed by atoms with Crippen LogP contribution in [0, 0.1) is 0 Å². The van der Waals surface area contributed by atoms with E-state index in [1.807, 2.05) is 0 Å². The second-order valence-corrected chi connectivity index (χ2v) is 3.28. The zero-order valence-corrected chi connectivity index (χ0v) is 9.47. The molecule has 0 aromatic carbocycles. The molecule has 0 N–H and O–H groups in total. The van der Waals surface area contributed by atoms with E-state index in [-0.39, 0.29) is 17.1 Å². The summed E-state index contributed by atoms with van der Waals surface area (Å²) in [6.07, 6.45) is 2.24. The van der Waals surface area contributed by atoms with Crippen molar-refractivity contribution in [3.63, 3.8) is 0 Å². The molecule has 0 amide bonds. The molecule has 4 heteroatoms. The van der Waals surface area contributed by atoms with Crippen LogP contribution in [0.5, 0.6) is 0 Å². The Hall–Kier alpha value is 0.629. The van der Waals surface area contributed by atoms with Crippen LogP contribution < -0.4 is 0 Å². The molecule has 0 unspecified atom stereocenters. The van der Waals surface area contributed by atoms with E-state index in [0.29, 0.717) is 4.32 Å². The number of thiocarbonyl (C=S) groups is 1. The molecule has 11 heavy (non-hydrogen) atoms. The van der Waals surface area contributed by atoms with Crippen LogP contribution >= 0.6 is 12.2 Å². The first-order valence-corrected chi connectivity index (χ1v) is 4.50. The van der Waals surface area contributed by atoms with Gasteiger partial charge in [0.25, 0.3) is 0 Å². The minimum absolute atomic E-state index is 0. The molecule has 0 saturated heterocycles. The second kappa shape index (κ2) is 8.72. The summed E-state index contributed by atoms with van der Waals surface area (Å²) in [5, 5.41) is 0. The normalized spacial score (nSPS) is 8.55. The molecule has 0 fully saturated rings. The van der Waals surface area contributed by atoms with Crippen molar-refractivity contribution in [2.75, 3.05) is 13.1 Å². The van der Waals surface area contributed by atoms with Gasteiger partial charge in [0.15, 0.2) is 0 Å². The topological polar surface area (TPSA) is 3.24 Å². The number of nitrogens with zero attached hydrogens (tertiary/aromatic N) is 1. The maximum Gasteiger partial charge on any atom is 1.00 e. The number of hydrogen-bond donors (Lipinski definition) is 0. The van der Waals surface area contributed by atoms with Crippen molar-refractivity contribution in [1.29, 1.82) is 0 Å². The molecular weight excluding hydrogens is 226 g/mol. The van der Waals surface area contributed by atoms with Crippen LogP contribution in [0.2, 0.25) is 0 Å². The molecule has 1 nitrogen and oxygen atoms in total. The molecule has 0 aliphatic carbocycles. The van der Waals surface area contributed by atoms with Crippen molar-refractivity contribution >= 4 is 29.2 Å². The van der Waals surface area contributed by atoms with E-state index in [0.717, 1.165) is 25.9 Å². The summed E-state index contributed by atoms with van der Waals surface area (Å²) in [7, 11) is 0. The predicted octanol–water partition coefficient (Wildman–Crippen LogP) is 1.94. The van der Waals surface area contributed by atoms with Crippen molar-refractivity contribution in [3.8, 4) is 0 Å². The van der Waals surface area contributed by atoms with Crippen molar-refractivity contribution in [1.82, 2.24) is 4.90 Å². The molecular formula is C7H14CuNS2. The first-order valence-electron chi connectivity index (χ1n) is 3.68. The third kappa shape index (κ3) is 7.01. The molecule has 0 aromatic heterocycles. The van der Waals surface area contributed by atoms with Gasteiger partial charge in [-0.2, -0.15) is 0 Å². The first-order chi connectivity index (χ1) is 4.72. The molecule has 0 saturated carbocycles. The molecule has 0 rings (SSSR count). The zero-order valence-electron chi connectivity index (χ0n) is 6.89. The van der Waals surface area contributed by atoms with Crippen molar-refractivity contribution in [2.45, 2.75) is 26.7 Å². The Bertz CT molecular complexity index is 103. The molecule has 0 aliphatic rings. The van der Waals surface area contributed by atoms with Crippen LogP contribution in [-0.4, -0.2) is 22.3 Å². The van der Waals surface area contributed by atoms with Crippen LogP contribution in [0.3, 0.4) is 0 Å². The second-order valence-electron chi connectivity index (χ2n) is 2.25. The fourth-order valence-electron chi connectivity index (χ4n) is 0.834. The Morgan fingerprint density at radius 2 is 1.64 bits per heavy atom. The molecule has 0 aromatic rings. The zero-order chi connectivity index (χ0) is 7.98. The number of rotatable bonds is 4. The van der Waals surface area contributed by atoms with Gasteiger partial charge in [-0.15, -0.1) is 0 Å². The summed E-state index contributed by atoms with van der Waals surface area (Å²) in [6, 6.07) is 0. The molecule has 0 atom stereocenters. The largest absolute Gasteiger partial charge is 1.00 e. The fraction of sp³-hybridized carbons (Fsp3) is 0.857. The summed E-state index contributed by atoms with van der Waals surface area (Å²) < 4.78 is 0.615. The van der Waals surface area contributed by atoms with E-state index in [4.69, 9.17) is 24.8 Å². The molecule has 70 valence electrons. The average molecular weight is 240 g/mol. The van der Waals surface area contributed by atoms with Gasteiger partial charge in [0.1, 0.15) is 0 Å². The van der Waals surface area contributed by atoms with Gasteiger partial charge in [0.2, 0.25) is 0 Å². The third-order valence-electron chi connectivity index (χ3n) is 1.25. The Labute approximate surface area is 90.8 Å². The minimum Gasteiger partial charge on any atom is -0.411 e. The van der Waals surface area contributed by atoms with Crippen LogP contribution in [0.15, 0.2) is 0 Å². The van der Waals surface area contributed by atoms with Gasteiger partial charge < -0.3 is 29.7 Å². The summed E-state index contributed by atoms with van der Waals surface area (Å²) in [5.41, 5.74) is 0. The van der Waals surface area contributed by atoms with Crippen molar-refractivity contribution in [2.24, 2.45) is 0 Å². The van der Waals surface area contributed by atoms with Gasteiger partial charge in [-0.1, -0.05) is 18.2 Å². The summed E-state index contributed by atoms with van der Waals surface area (Å²) in [6.45, 7) is 6.29. The van der Waals surface area contributed by atoms with Crippen LogP contribution in [-0.2, 0) is 29.7 Å². The van der Waals surface area contributed by atoms with E-state index in [9.17, 15) is 0 Å². The van der Waals surface area contributed by atoms with E-state index in [2.05, 4.69) is 18.7 Å². The predicted molar refractivity (Wildman–Crippen MR) is 52.1 cm³/mol. The Balaban J connectivity index is 0. The third-order valence-corrected chi connectivity index (χ3v) is 1.76. The van der Waals surface area contributed by atoms with Gasteiger partial charge in [0, 0.05) is 13.1 Å². The first kappa shape index (κ1) is 14.2. The summed E-state index contributed by atoms with van der Waals surface area (Å²) in [4.78, 5) is 2.07. The summed E-state index contributed by atoms with van der Waals surface area (Å²) >= 11 is 9.78. The van der Waals surface area contributed by atoms with E-state index >= 15 is 0 Å². The fourth-order valence-corrected chi connectivity index (χ4v) is 1.20. The van der Waals surface area contributed by atoms with E-state index < -0.39 is 0 Å². The SMILES string of the molecule is CCCN(CCC)C(=S)[S-].[Cu+]. The Morgan fingerprint density at radius 3 is 1.82 bits per heavy atom. The summed E-state index contributed by atoms with van der Waals surface area (Å²) in [5.74, 6) is 0. The minimum atomic E-state index is 0. The molecule has 0 radical (unpaired) electrons.